The van der Waals surface area contributed by atoms with Crippen molar-refractivity contribution < 1.29 is 14.1 Å². The van der Waals surface area contributed by atoms with Gasteiger partial charge >= 0.3 is 5.69 Å². The van der Waals surface area contributed by atoms with Crippen molar-refractivity contribution in [3.05, 3.63) is 39.7 Å². The summed E-state index contributed by atoms with van der Waals surface area (Å²) in [5, 5.41) is 10.6. The number of rotatable bonds is 4. The Morgan fingerprint density at radius 2 is 2.16 bits per heavy atom. The third-order valence-corrected chi connectivity index (χ3v) is 3.46. The Balaban J connectivity index is 2.03. The maximum absolute atomic E-state index is 13.8. The predicted octanol–water partition coefficient (Wildman–Crippen LogP) is 2.52. The van der Waals surface area contributed by atoms with E-state index in [2.05, 4.69) is 0 Å². The summed E-state index contributed by atoms with van der Waals surface area (Å²) in [7, 11) is 0. The van der Waals surface area contributed by atoms with Crippen molar-refractivity contribution in [1.29, 1.82) is 0 Å². The third kappa shape index (κ3) is 3.27. The first-order valence-electron chi connectivity index (χ1n) is 6.38. The van der Waals surface area contributed by atoms with Crippen molar-refractivity contribution in [3.63, 3.8) is 0 Å². The molecule has 0 radical (unpaired) electrons. The van der Waals surface area contributed by atoms with Crippen molar-refractivity contribution in [2.75, 3.05) is 0 Å². The zero-order valence-corrected chi connectivity index (χ0v) is 10.5. The number of ether oxygens (including phenoxy) is 1. The Hall–Kier alpha value is -1.53. The van der Waals surface area contributed by atoms with Gasteiger partial charge in [0.15, 0.2) is 0 Å². The molecule has 0 amide bonds. The summed E-state index contributed by atoms with van der Waals surface area (Å²) in [5.74, 6) is -0.822. The van der Waals surface area contributed by atoms with Crippen LogP contribution in [0.1, 0.15) is 31.2 Å². The van der Waals surface area contributed by atoms with Gasteiger partial charge in [0.05, 0.1) is 17.6 Å². The normalized spacial score (nSPS) is 23.3. The Bertz CT molecular complexity index is 467. The highest BCUT2D eigenvalue weighted by molar-refractivity contribution is 5.36. The fourth-order valence-electron chi connectivity index (χ4n) is 2.35. The van der Waals surface area contributed by atoms with Crippen molar-refractivity contribution in [2.24, 2.45) is 5.73 Å². The molecule has 2 atom stereocenters. The van der Waals surface area contributed by atoms with Gasteiger partial charge in [0.25, 0.3) is 0 Å². The second-order valence-corrected chi connectivity index (χ2v) is 4.81. The van der Waals surface area contributed by atoms with E-state index >= 15 is 0 Å². The van der Waals surface area contributed by atoms with E-state index in [1.165, 1.54) is 12.1 Å². The molecule has 0 spiro atoms. The maximum atomic E-state index is 13.8. The Kier molecular flexibility index (Phi) is 4.44. The van der Waals surface area contributed by atoms with Gasteiger partial charge < -0.3 is 10.5 Å². The van der Waals surface area contributed by atoms with Gasteiger partial charge in [0.1, 0.15) is 0 Å². The number of hydrogen-bond acceptors (Lipinski definition) is 4. The molecule has 6 heteroatoms. The van der Waals surface area contributed by atoms with Crippen molar-refractivity contribution in [3.8, 4) is 0 Å². The molecule has 2 unspecified atom stereocenters. The van der Waals surface area contributed by atoms with Gasteiger partial charge in [-0.1, -0.05) is 25.0 Å². The van der Waals surface area contributed by atoms with E-state index in [4.69, 9.17) is 10.5 Å². The van der Waals surface area contributed by atoms with Crippen molar-refractivity contribution in [1.82, 2.24) is 0 Å². The standard InChI is InChI=1S/C13H17FN2O3/c14-13-9(4-3-6-11(13)16(17)18)8-19-12-7-2-1-5-10(12)15/h3-4,6,10,12H,1-2,5,7-8,15H2. The molecule has 104 valence electrons. The molecule has 19 heavy (non-hydrogen) atoms. The van der Waals surface area contributed by atoms with Gasteiger partial charge in [0, 0.05) is 17.7 Å². The van der Waals surface area contributed by atoms with Crippen LogP contribution in [0.25, 0.3) is 0 Å². The minimum Gasteiger partial charge on any atom is -0.372 e. The molecule has 1 aliphatic rings. The molecule has 0 aliphatic heterocycles. The summed E-state index contributed by atoms with van der Waals surface area (Å²) < 4.78 is 19.4. The summed E-state index contributed by atoms with van der Waals surface area (Å²) in [5.41, 5.74) is 5.61. The Morgan fingerprint density at radius 1 is 1.42 bits per heavy atom. The van der Waals surface area contributed by atoms with E-state index in [1.807, 2.05) is 0 Å². The number of benzene rings is 1. The molecule has 1 aromatic rings. The maximum Gasteiger partial charge on any atom is 0.305 e. The number of nitrogens with zero attached hydrogens (tertiary/aromatic N) is 1. The highest BCUT2D eigenvalue weighted by Gasteiger charge is 2.24. The highest BCUT2D eigenvalue weighted by atomic mass is 19.1. The molecule has 0 aromatic heterocycles. The number of nitrogens with two attached hydrogens (primary N) is 1. The lowest BCUT2D eigenvalue weighted by Gasteiger charge is -2.28. The van der Waals surface area contributed by atoms with Crippen LogP contribution in [0.3, 0.4) is 0 Å². The van der Waals surface area contributed by atoms with Gasteiger partial charge in [-0.25, -0.2) is 0 Å². The van der Waals surface area contributed by atoms with E-state index in [-0.39, 0.29) is 24.3 Å². The topological polar surface area (TPSA) is 78.4 Å². The van der Waals surface area contributed by atoms with Crippen LogP contribution < -0.4 is 5.73 Å². The van der Waals surface area contributed by atoms with Gasteiger partial charge in [0.2, 0.25) is 5.82 Å². The monoisotopic (exact) mass is 268 g/mol. The molecule has 0 heterocycles. The molecule has 1 saturated carbocycles. The summed E-state index contributed by atoms with van der Waals surface area (Å²) >= 11 is 0. The van der Waals surface area contributed by atoms with Crippen LogP contribution in [0.5, 0.6) is 0 Å². The summed E-state index contributed by atoms with van der Waals surface area (Å²) in [6.45, 7) is 0.0197. The minimum absolute atomic E-state index is 0.0197. The lowest BCUT2D eigenvalue weighted by Crippen LogP contribution is -2.39. The van der Waals surface area contributed by atoms with E-state index in [9.17, 15) is 14.5 Å². The number of halogens is 1. The Morgan fingerprint density at radius 3 is 2.84 bits per heavy atom. The molecule has 2 N–H and O–H groups in total. The number of nitro benzene ring substituents is 1. The second kappa shape index (κ2) is 6.08. The fourth-order valence-corrected chi connectivity index (χ4v) is 2.35. The summed E-state index contributed by atoms with van der Waals surface area (Å²) in [4.78, 5) is 9.91. The lowest BCUT2D eigenvalue weighted by atomic mass is 9.93. The van der Waals surface area contributed by atoms with Crippen LogP contribution in [0.4, 0.5) is 10.1 Å². The average molecular weight is 268 g/mol. The number of nitro groups is 1. The zero-order valence-electron chi connectivity index (χ0n) is 10.5. The first kappa shape index (κ1) is 13.9. The lowest BCUT2D eigenvalue weighted by molar-refractivity contribution is -0.387. The van der Waals surface area contributed by atoms with Gasteiger partial charge in [-0.3, -0.25) is 10.1 Å². The van der Waals surface area contributed by atoms with E-state index in [0.717, 1.165) is 31.7 Å². The molecule has 5 nitrogen and oxygen atoms in total. The van der Waals surface area contributed by atoms with E-state index in [1.54, 1.807) is 0 Å². The minimum atomic E-state index is -0.822. The first-order chi connectivity index (χ1) is 9.09. The molecular weight excluding hydrogens is 251 g/mol. The van der Waals surface area contributed by atoms with Crippen LogP contribution in [0.15, 0.2) is 18.2 Å². The van der Waals surface area contributed by atoms with Gasteiger partial charge in [-0.05, 0) is 12.8 Å². The summed E-state index contributed by atoms with van der Waals surface area (Å²) in [6, 6.07) is 4.07. The SMILES string of the molecule is NC1CCCCC1OCc1cccc([N+](=O)[O-])c1F. The molecule has 0 saturated heterocycles. The van der Waals surface area contributed by atoms with Crippen LogP contribution in [-0.2, 0) is 11.3 Å². The van der Waals surface area contributed by atoms with Crippen LogP contribution >= 0.6 is 0 Å². The molecule has 0 bridgehead atoms. The third-order valence-electron chi connectivity index (χ3n) is 3.46. The van der Waals surface area contributed by atoms with Crippen LogP contribution in [-0.4, -0.2) is 17.1 Å². The second-order valence-electron chi connectivity index (χ2n) is 4.81. The van der Waals surface area contributed by atoms with Crippen LogP contribution in [0.2, 0.25) is 0 Å². The van der Waals surface area contributed by atoms with Crippen LogP contribution in [0, 0.1) is 15.9 Å². The predicted molar refractivity (Wildman–Crippen MR) is 68.1 cm³/mol. The highest BCUT2D eigenvalue weighted by Crippen LogP contribution is 2.24. The molecular formula is C13H17FN2O3. The largest absolute Gasteiger partial charge is 0.372 e. The zero-order chi connectivity index (χ0) is 13.8. The fraction of sp³-hybridized carbons (Fsp3) is 0.538. The van der Waals surface area contributed by atoms with Gasteiger partial charge in [-0.2, -0.15) is 4.39 Å². The number of hydrogen-bond donors (Lipinski definition) is 1. The smallest absolute Gasteiger partial charge is 0.305 e. The molecule has 2 rings (SSSR count). The van der Waals surface area contributed by atoms with E-state index in [0.29, 0.717) is 0 Å². The van der Waals surface area contributed by atoms with Crippen molar-refractivity contribution >= 4 is 5.69 Å². The van der Waals surface area contributed by atoms with Crippen molar-refractivity contribution in [2.45, 2.75) is 44.4 Å². The summed E-state index contributed by atoms with van der Waals surface area (Å²) in [6.07, 6.45) is 3.81. The van der Waals surface area contributed by atoms with Gasteiger partial charge in [-0.15, -0.1) is 0 Å². The van der Waals surface area contributed by atoms with E-state index < -0.39 is 16.4 Å². The average Bonchev–Trinajstić information content (AvgIpc) is 2.39. The quantitative estimate of drug-likeness (QED) is 0.672. The Labute approximate surface area is 110 Å². The molecule has 1 fully saturated rings. The molecule has 1 aliphatic carbocycles. The first-order valence-corrected chi connectivity index (χ1v) is 6.38. The molecule has 1 aromatic carbocycles.